The molecule has 0 rings (SSSR count). The Kier molecular flexibility index (Phi) is 43.2. The van der Waals surface area contributed by atoms with Crippen LogP contribution < -0.4 is 0 Å². The SMILES string of the molecule is CCCCCCCCCCCC(=O)O[C@@H](COC(=O)CCCCCCCCC)COC(=O)CCCCCCCCCCCCCCCCCCCCC(C)CC. The Morgan fingerprint density at radius 1 is 0.357 bits per heavy atom. The van der Waals surface area contributed by atoms with Gasteiger partial charge < -0.3 is 14.2 Å². The van der Waals surface area contributed by atoms with Crippen LogP contribution in [-0.2, 0) is 28.6 Å². The molecule has 0 aliphatic heterocycles. The fourth-order valence-electron chi connectivity index (χ4n) is 7.48. The predicted molar refractivity (Wildman–Crippen MR) is 238 cm³/mol. The van der Waals surface area contributed by atoms with Gasteiger partial charge in [0.25, 0.3) is 0 Å². The zero-order valence-corrected chi connectivity index (χ0v) is 38.1. The van der Waals surface area contributed by atoms with Crippen LogP contribution >= 0.6 is 0 Å². The minimum atomic E-state index is -0.757. The van der Waals surface area contributed by atoms with Crippen molar-refractivity contribution in [3.05, 3.63) is 0 Å². The first-order valence-corrected chi connectivity index (χ1v) is 24.9. The van der Waals surface area contributed by atoms with E-state index in [-0.39, 0.29) is 31.1 Å². The molecule has 0 saturated heterocycles. The maximum atomic E-state index is 12.6. The Morgan fingerprint density at radius 3 is 0.929 bits per heavy atom. The predicted octanol–water partition coefficient (Wildman–Crippen LogP) is 15.9. The first kappa shape index (κ1) is 54.4. The summed E-state index contributed by atoms with van der Waals surface area (Å²) in [5.41, 5.74) is 0. The van der Waals surface area contributed by atoms with Crippen LogP contribution in [0.1, 0.15) is 278 Å². The van der Waals surface area contributed by atoms with Gasteiger partial charge in [-0.25, -0.2) is 0 Å². The van der Waals surface area contributed by atoms with Crippen molar-refractivity contribution in [2.75, 3.05) is 13.2 Å². The molecule has 0 fully saturated rings. The van der Waals surface area contributed by atoms with Gasteiger partial charge in [-0.05, 0) is 25.2 Å². The molecule has 0 amide bonds. The first-order chi connectivity index (χ1) is 27.4. The maximum Gasteiger partial charge on any atom is 0.306 e. The molecule has 0 aromatic carbocycles. The highest BCUT2D eigenvalue weighted by Gasteiger charge is 2.19. The highest BCUT2D eigenvalue weighted by molar-refractivity contribution is 5.71. The second-order valence-corrected chi connectivity index (χ2v) is 17.3. The number of carbonyl (C=O) groups excluding carboxylic acids is 3. The summed E-state index contributed by atoms with van der Waals surface area (Å²) in [5, 5.41) is 0. The van der Waals surface area contributed by atoms with Crippen molar-refractivity contribution < 1.29 is 28.6 Å². The molecule has 0 aliphatic carbocycles. The molecule has 0 aromatic heterocycles. The van der Waals surface area contributed by atoms with Crippen LogP contribution in [0, 0.1) is 5.92 Å². The third-order valence-electron chi connectivity index (χ3n) is 11.7. The van der Waals surface area contributed by atoms with Gasteiger partial charge in [-0.2, -0.15) is 0 Å². The molecule has 56 heavy (non-hydrogen) atoms. The van der Waals surface area contributed by atoms with E-state index in [0.717, 1.165) is 63.7 Å². The third-order valence-corrected chi connectivity index (χ3v) is 11.7. The van der Waals surface area contributed by atoms with Gasteiger partial charge in [-0.3, -0.25) is 14.4 Å². The Morgan fingerprint density at radius 2 is 0.625 bits per heavy atom. The summed E-state index contributed by atoms with van der Waals surface area (Å²) in [7, 11) is 0. The van der Waals surface area contributed by atoms with Gasteiger partial charge in [-0.15, -0.1) is 0 Å². The lowest BCUT2D eigenvalue weighted by Gasteiger charge is -2.18. The number of carbonyl (C=O) groups is 3. The lowest BCUT2D eigenvalue weighted by Crippen LogP contribution is -2.30. The van der Waals surface area contributed by atoms with Crippen molar-refractivity contribution in [1.82, 2.24) is 0 Å². The molecule has 0 radical (unpaired) electrons. The van der Waals surface area contributed by atoms with Crippen LogP contribution in [0.15, 0.2) is 0 Å². The Hall–Kier alpha value is -1.59. The number of unbranched alkanes of at least 4 members (excludes halogenated alkanes) is 31. The lowest BCUT2D eigenvalue weighted by molar-refractivity contribution is -0.167. The highest BCUT2D eigenvalue weighted by atomic mass is 16.6. The largest absolute Gasteiger partial charge is 0.462 e. The van der Waals surface area contributed by atoms with Crippen molar-refractivity contribution in [3.8, 4) is 0 Å². The molecular formula is C50H96O6. The van der Waals surface area contributed by atoms with E-state index >= 15 is 0 Å². The second-order valence-electron chi connectivity index (χ2n) is 17.3. The zero-order valence-electron chi connectivity index (χ0n) is 38.1. The van der Waals surface area contributed by atoms with E-state index in [2.05, 4.69) is 27.7 Å². The van der Waals surface area contributed by atoms with Gasteiger partial charge in [0.2, 0.25) is 0 Å². The van der Waals surface area contributed by atoms with E-state index in [0.29, 0.717) is 19.3 Å². The topological polar surface area (TPSA) is 78.9 Å². The molecule has 332 valence electrons. The van der Waals surface area contributed by atoms with Crippen LogP contribution in [0.25, 0.3) is 0 Å². The van der Waals surface area contributed by atoms with Crippen LogP contribution in [0.3, 0.4) is 0 Å². The average Bonchev–Trinajstić information content (AvgIpc) is 3.19. The van der Waals surface area contributed by atoms with Crippen molar-refractivity contribution >= 4 is 17.9 Å². The summed E-state index contributed by atoms with van der Waals surface area (Å²) in [6.45, 7) is 9.01. The summed E-state index contributed by atoms with van der Waals surface area (Å²) in [6.07, 6.45) is 45.4. The number of rotatable bonds is 45. The van der Waals surface area contributed by atoms with E-state index in [9.17, 15) is 14.4 Å². The third kappa shape index (κ3) is 42.0. The fourth-order valence-corrected chi connectivity index (χ4v) is 7.48. The molecule has 0 aliphatic rings. The van der Waals surface area contributed by atoms with Crippen molar-refractivity contribution in [1.29, 1.82) is 0 Å². The Balaban J connectivity index is 4.06. The molecule has 1 unspecified atom stereocenters. The molecule has 0 aromatic rings. The van der Waals surface area contributed by atoms with Gasteiger partial charge in [0, 0.05) is 19.3 Å². The van der Waals surface area contributed by atoms with E-state index in [1.165, 1.54) is 173 Å². The number of hydrogen-bond donors (Lipinski definition) is 0. The van der Waals surface area contributed by atoms with Gasteiger partial charge in [-0.1, -0.05) is 240 Å². The summed E-state index contributed by atoms with van der Waals surface area (Å²) in [5.74, 6) is 0.0514. The Bertz CT molecular complexity index is 843. The smallest absolute Gasteiger partial charge is 0.306 e. The molecule has 6 nitrogen and oxygen atoms in total. The van der Waals surface area contributed by atoms with Crippen molar-refractivity contribution in [2.24, 2.45) is 5.92 Å². The van der Waals surface area contributed by atoms with Crippen LogP contribution in [0.4, 0.5) is 0 Å². The monoisotopic (exact) mass is 793 g/mol. The molecule has 2 atom stereocenters. The van der Waals surface area contributed by atoms with E-state index in [1.54, 1.807) is 0 Å². The number of hydrogen-bond acceptors (Lipinski definition) is 6. The van der Waals surface area contributed by atoms with E-state index in [4.69, 9.17) is 14.2 Å². The summed E-state index contributed by atoms with van der Waals surface area (Å²) in [6, 6.07) is 0. The van der Waals surface area contributed by atoms with E-state index in [1.807, 2.05) is 0 Å². The van der Waals surface area contributed by atoms with Gasteiger partial charge in [0.15, 0.2) is 6.10 Å². The quantitative estimate of drug-likeness (QED) is 0.0347. The van der Waals surface area contributed by atoms with Gasteiger partial charge in [0.1, 0.15) is 13.2 Å². The number of esters is 3. The molecule has 6 heteroatoms. The molecule has 0 saturated carbocycles. The van der Waals surface area contributed by atoms with Crippen LogP contribution in [0.2, 0.25) is 0 Å². The number of ether oxygens (including phenoxy) is 3. The second kappa shape index (κ2) is 44.5. The standard InChI is InChI=1S/C50H96O6/c1-5-8-10-12-14-25-31-35-39-43-50(53)56-47(44-54-48(51)41-37-33-28-13-11-9-6-2)45-55-49(52)42-38-34-30-27-24-22-20-18-16-15-17-19-21-23-26-29-32-36-40-46(4)7-3/h46-47H,5-45H2,1-4H3/t46?,47-/m0/s1. The van der Waals surface area contributed by atoms with Gasteiger partial charge >= 0.3 is 17.9 Å². The van der Waals surface area contributed by atoms with Crippen molar-refractivity contribution in [3.63, 3.8) is 0 Å². The first-order valence-electron chi connectivity index (χ1n) is 24.9. The molecule has 0 N–H and O–H groups in total. The molecular weight excluding hydrogens is 697 g/mol. The van der Waals surface area contributed by atoms with Crippen LogP contribution in [-0.4, -0.2) is 37.2 Å². The normalized spacial score (nSPS) is 12.4. The summed E-state index contributed by atoms with van der Waals surface area (Å²) >= 11 is 0. The summed E-state index contributed by atoms with van der Waals surface area (Å²) < 4.78 is 16.7. The zero-order chi connectivity index (χ0) is 41.0. The lowest BCUT2D eigenvalue weighted by atomic mass is 9.99. The Labute approximate surface area is 348 Å². The van der Waals surface area contributed by atoms with Crippen LogP contribution in [0.5, 0.6) is 0 Å². The minimum Gasteiger partial charge on any atom is -0.462 e. The minimum absolute atomic E-state index is 0.0637. The van der Waals surface area contributed by atoms with Gasteiger partial charge in [0.05, 0.1) is 0 Å². The van der Waals surface area contributed by atoms with Crippen molar-refractivity contribution in [2.45, 2.75) is 284 Å². The highest BCUT2D eigenvalue weighted by Crippen LogP contribution is 2.17. The molecule has 0 heterocycles. The van der Waals surface area contributed by atoms with E-state index < -0.39 is 6.10 Å². The molecule has 0 bridgehead atoms. The average molecular weight is 793 g/mol. The molecule has 0 spiro atoms. The summed E-state index contributed by atoms with van der Waals surface area (Å²) in [4.78, 5) is 37.6. The fraction of sp³-hybridized carbons (Fsp3) is 0.940. The maximum absolute atomic E-state index is 12.6.